The Bertz CT molecular complexity index is 523. The van der Waals surface area contributed by atoms with Crippen LogP contribution in [-0.2, 0) is 0 Å². The first kappa shape index (κ1) is 13.1. The monoisotopic (exact) mass is 244 g/mol. The highest BCUT2D eigenvalue weighted by molar-refractivity contribution is 5.94. The van der Waals surface area contributed by atoms with Crippen LogP contribution in [0.3, 0.4) is 0 Å². The lowest BCUT2D eigenvalue weighted by Crippen LogP contribution is -2.32. The first-order chi connectivity index (χ1) is 8.60. The van der Waals surface area contributed by atoms with Crippen molar-refractivity contribution in [1.29, 1.82) is 10.5 Å². The van der Waals surface area contributed by atoms with E-state index in [0.29, 0.717) is 0 Å². The molecule has 7 nitrogen and oxygen atoms in total. The Kier molecular flexibility index (Phi) is 4.35. The van der Waals surface area contributed by atoms with Crippen LogP contribution in [0.25, 0.3) is 0 Å². The third-order valence-electron chi connectivity index (χ3n) is 2.04. The smallest absolute Gasteiger partial charge is 0.337 e. The number of carbonyl (C=O) groups is 2. The maximum atomic E-state index is 11.8. The van der Waals surface area contributed by atoms with Gasteiger partial charge in [0.15, 0.2) is 0 Å². The van der Waals surface area contributed by atoms with Gasteiger partial charge in [-0.05, 0) is 12.1 Å². The molecule has 0 saturated carbocycles. The highest BCUT2D eigenvalue weighted by atomic mass is 16.4. The zero-order chi connectivity index (χ0) is 13.5. The molecule has 0 unspecified atom stereocenters. The Morgan fingerprint density at radius 2 is 1.89 bits per heavy atom. The van der Waals surface area contributed by atoms with Gasteiger partial charge in [-0.2, -0.15) is 10.5 Å². The van der Waals surface area contributed by atoms with Crippen molar-refractivity contribution < 1.29 is 14.7 Å². The largest absolute Gasteiger partial charge is 0.478 e. The summed E-state index contributed by atoms with van der Waals surface area (Å²) in [6.45, 7) is -0.455. The highest BCUT2D eigenvalue weighted by Crippen LogP contribution is 2.04. The van der Waals surface area contributed by atoms with Crippen molar-refractivity contribution in [2.45, 2.75) is 0 Å². The zero-order valence-electron chi connectivity index (χ0n) is 9.20. The van der Waals surface area contributed by atoms with E-state index in [1.165, 1.54) is 12.1 Å². The maximum absolute atomic E-state index is 11.8. The number of pyridine rings is 1. The van der Waals surface area contributed by atoms with Crippen molar-refractivity contribution >= 4 is 11.9 Å². The second kappa shape index (κ2) is 5.97. The number of rotatable bonds is 4. The summed E-state index contributed by atoms with van der Waals surface area (Å²) >= 11 is 0. The number of hydrogen-bond donors (Lipinski definition) is 1. The van der Waals surface area contributed by atoms with Crippen LogP contribution in [0.1, 0.15) is 20.8 Å². The molecule has 18 heavy (non-hydrogen) atoms. The summed E-state index contributed by atoms with van der Waals surface area (Å²) in [5, 5.41) is 25.7. The zero-order valence-corrected chi connectivity index (χ0v) is 9.20. The van der Waals surface area contributed by atoms with E-state index in [9.17, 15) is 9.59 Å². The third kappa shape index (κ3) is 3.03. The molecule has 1 N–H and O–H groups in total. The molecule has 1 aromatic rings. The topological polar surface area (TPSA) is 118 Å². The van der Waals surface area contributed by atoms with Crippen molar-refractivity contribution in [3.8, 4) is 12.1 Å². The molecule has 0 bridgehead atoms. The number of nitrogens with zero attached hydrogens (tertiary/aromatic N) is 4. The van der Waals surface area contributed by atoms with E-state index in [4.69, 9.17) is 15.6 Å². The maximum Gasteiger partial charge on any atom is 0.337 e. The first-order valence-corrected chi connectivity index (χ1v) is 4.82. The molecule has 90 valence electrons. The second-order valence-electron chi connectivity index (χ2n) is 3.21. The summed E-state index contributed by atoms with van der Waals surface area (Å²) < 4.78 is 0. The number of carbonyl (C=O) groups excluding carboxylic acids is 1. The van der Waals surface area contributed by atoms with Gasteiger partial charge in [-0.3, -0.25) is 9.78 Å². The van der Waals surface area contributed by atoms with Gasteiger partial charge in [0.2, 0.25) is 0 Å². The SMILES string of the molecule is N#CCN(CC#N)C(=O)c1ccc(C(=O)O)cn1. The Morgan fingerprint density at radius 1 is 1.28 bits per heavy atom. The van der Waals surface area contributed by atoms with Gasteiger partial charge < -0.3 is 10.0 Å². The van der Waals surface area contributed by atoms with Crippen LogP contribution < -0.4 is 0 Å². The fraction of sp³-hybridized carbons (Fsp3) is 0.182. The van der Waals surface area contributed by atoms with Crippen LogP contribution >= 0.6 is 0 Å². The fourth-order valence-electron chi connectivity index (χ4n) is 1.18. The van der Waals surface area contributed by atoms with E-state index in [0.717, 1.165) is 11.1 Å². The third-order valence-corrected chi connectivity index (χ3v) is 2.04. The van der Waals surface area contributed by atoms with Crippen LogP contribution in [0, 0.1) is 22.7 Å². The van der Waals surface area contributed by atoms with Crippen molar-refractivity contribution in [1.82, 2.24) is 9.88 Å². The predicted octanol–water partition coefficient (Wildman–Crippen LogP) is 0.269. The molecule has 0 saturated heterocycles. The molecule has 0 atom stereocenters. The number of carboxylic acid groups (broad SMARTS) is 1. The molecule has 0 aromatic carbocycles. The van der Waals surface area contributed by atoms with Crippen molar-refractivity contribution in [3.05, 3.63) is 29.6 Å². The molecule has 0 spiro atoms. The number of amides is 1. The molecule has 1 aromatic heterocycles. The number of hydrogen-bond acceptors (Lipinski definition) is 5. The quantitative estimate of drug-likeness (QED) is 0.759. The van der Waals surface area contributed by atoms with Gasteiger partial charge in [-0.15, -0.1) is 0 Å². The average molecular weight is 244 g/mol. The van der Waals surface area contributed by atoms with Crippen LogP contribution in [0.15, 0.2) is 18.3 Å². The molecular weight excluding hydrogens is 236 g/mol. The minimum atomic E-state index is -1.15. The van der Waals surface area contributed by atoms with Crippen LogP contribution in [-0.4, -0.2) is 40.0 Å². The summed E-state index contributed by atoms with van der Waals surface area (Å²) in [7, 11) is 0. The molecule has 0 aliphatic rings. The van der Waals surface area contributed by atoms with Gasteiger partial charge in [-0.1, -0.05) is 0 Å². The lowest BCUT2D eigenvalue weighted by atomic mass is 10.2. The fourth-order valence-corrected chi connectivity index (χ4v) is 1.18. The highest BCUT2D eigenvalue weighted by Gasteiger charge is 2.16. The van der Waals surface area contributed by atoms with E-state index in [-0.39, 0.29) is 24.3 Å². The van der Waals surface area contributed by atoms with Crippen molar-refractivity contribution in [2.75, 3.05) is 13.1 Å². The molecule has 0 radical (unpaired) electrons. The molecule has 1 amide bonds. The summed E-state index contributed by atoms with van der Waals surface area (Å²) in [6, 6.07) is 6.01. The van der Waals surface area contributed by atoms with E-state index < -0.39 is 11.9 Å². The predicted molar refractivity (Wildman–Crippen MR) is 58.3 cm³/mol. The first-order valence-electron chi connectivity index (χ1n) is 4.82. The summed E-state index contributed by atoms with van der Waals surface area (Å²) in [4.78, 5) is 27.1. The molecule has 0 aliphatic carbocycles. The molecule has 7 heteroatoms. The van der Waals surface area contributed by atoms with Gasteiger partial charge in [0.1, 0.15) is 18.8 Å². The standard InChI is InChI=1S/C11H8N4O3/c12-3-5-15(6-4-13)10(16)9-2-1-8(7-14-9)11(17)18/h1-2,7H,5-6H2,(H,17,18). The Labute approximate surface area is 103 Å². The van der Waals surface area contributed by atoms with Crippen LogP contribution in [0.4, 0.5) is 0 Å². The van der Waals surface area contributed by atoms with Gasteiger partial charge in [0.25, 0.3) is 5.91 Å². The average Bonchev–Trinajstić information content (AvgIpc) is 2.38. The van der Waals surface area contributed by atoms with Gasteiger partial charge in [0.05, 0.1) is 17.7 Å². The minimum absolute atomic E-state index is 0.00880. The lowest BCUT2D eigenvalue weighted by Gasteiger charge is -2.14. The number of aromatic nitrogens is 1. The van der Waals surface area contributed by atoms with Crippen LogP contribution in [0.5, 0.6) is 0 Å². The lowest BCUT2D eigenvalue weighted by molar-refractivity contribution is 0.0694. The molecule has 0 aliphatic heterocycles. The van der Waals surface area contributed by atoms with E-state index in [1.807, 2.05) is 0 Å². The van der Waals surface area contributed by atoms with Gasteiger partial charge in [0, 0.05) is 6.20 Å². The second-order valence-corrected chi connectivity index (χ2v) is 3.21. The Morgan fingerprint density at radius 3 is 2.28 bits per heavy atom. The normalized spacial score (nSPS) is 9.00. The molecule has 1 rings (SSSR count). The van der Waals surface area contributed by atoms with Gasteiger partial charge in [-0.25, -0.2) is 4.79 Å². The summed E-state index contributed by atoms with van der Waals surface area (Å²) in [5.74, 6) is -1.73. The number of nitriles is 2. The Balaban J connectivity index is 2.92. The van der Waals surface area contributed by atoms with E-state index in [2.05, 4.69) is 4.98 Å². The van der Waals surface area contributed by atoms with Crippen molar-refractivity contribution in [2.24, 2.45) is 0 Å². The number of carboxylic acids is 1. The summed E-state index contributed by atoms with van der Waals surface area (Å²) in [6.07, 6.45) is 1.05. The van der Waals surface area contributed by atoms with Crippen LogP contribution in [0.2, 0.25) is 0 Å². The van der Waals surface area contributed by atoms with Crippen molar-refractivity contribution in [3.63, 3.8) is 0 Å². The molecule has 1 heterocycles. The minimum Gasteiger partial charge on any atom is -0.478 e. The molecular formula is C11H8N4O3. The van der Waals surface area contributed by atoms with E-state index >= 15 is 0 Å². The van der Waals surface area contributed by atoms with Gasteiger partial charge >= 0.3 is 5.97 Å². The Hall–Kier alpha value is -2.93. The van der Waals surface area contributed by atoms with E-state index in [1.54, 1.807) is 12.1 Å². The summed E-state index contributed by atoms with van der Waals surface area (Å²) in [5.41, 5.74) is -0.0517. The molecule has 0 fully saturated rings. The number of aromatic carboxylic acids is 1.